The van der Waals surface area contributed by atoms with Crippen LogP contribution in [0.1, 0.15) is 16.1 Å². The highest BCUT2D eigenvalue weighted by atomic mass is 19.1. The molecule has 186 valence electrons. The van der Waals surface area contributed by atoms with Gasteiger partial charge in [0.15, 0.2) is 22.7 Å². The topological polar surface area (TPSA) is 122 Å². The molecule has 1 aliphatic heterocycles. The fourth-order valence-electron chi connectivity index (χ4n) is 4.19. The van der Waals surface area contributed by atoms with Crippen LogP contribution in [0.4, 0.5) is 4.39 Å². The molecule has 1 aliphatic rings. The van der Waals surface area contributed by atoms with Gasteiger partial charge in [-0.3, -0.25) is 15.0 Å². The first-order valence-electron chi connectivity index (χ1n) is 11.3. The Morgan fingerprint density at radius 3 is 2.65 bits per heavy atom. The Morgan fingerprint density at radius 2 is 1.86 bits per heavy atom. The molecule has 0 bridgehead atoms. The van der Waals surface area contributed by atoms with Crippen molar-refractivity contribution in [2.75, 3.05) is 25.7 Å². The van der Waals surface area contributed by atoms with Crippen LogP contribution >= 0.6 is 0 Å². The maximum absolute atomic E-state index is 13.5. The maximum Gasteiger partial charge on any atom is 0.299 e. The molecule has 0 radical (unpaired) electrons. The summed E-state index contributed by atoms with van der Waals surface area (Å²) in [7, 11) is 1.53. The van der Waals surface area contributed by atoms with E-state index >= 15 is 0 Å². The molecule has 37 heavy (non-hydrogen) atoms. The standard InChI is InChI=1S/C25H19FN6O5/c1-35-13-17-21(14-2-5-16(26)6-3-14)23-28-27-22-18(32(23)29-17)8-9-31(25(22)34)30-24(33)15-4-7-19-20(12-15)37-11-10-36-19/h2-9,12H,10-11,13H2,1H3,(H,30,33). The van der Waals surface area contributed by atoms with E-state index in [4.69, 9.17) is 14.2 Å². The quantitative estimate of drug-likeness (QED) is 0.389. The average molecular weight is 502 g/mol. The predicted molar refractivity (Wildman–Crippen MR) is 130 cm³/mol. The molecule has 2 aromatic carbocycles. The predicted octanol–water partition coefficient (Wildman–Crippen LogP) is 2.55. The maximum atomic E-state index is 13.5. The molecule has 1 N–H and O–H groups in total. The number of hydrogen-bond donors (Lipinski definition) is 1. The van der Waals surface area contributed by atoms with Crippen LogP contribution in [0.2, 0.25) is 0 Å². The first-order chi connectivity index (χ1) is 18.0. The Hall–Kier alpha value is -4.84. The van der Waals surface area contributed by atoms with Crippen molar-refractivity contribution in [3.8, 4) is 22.6 Å². The van der Waals surface area contributed by atoms with Crippen LogP contribution in [0.25, 0.3) is 27.8 Å². The Bertz CT molecular complexity index is 1730. The van der Waals surface area contributed by atoms with Crippen molar-refractivity contribution in [3.05, 3.63) is 82.2 Å². The molecule has 5 aromatic rings. The zero-order chi connectivity index (χ0) is 25.5. The number of pyridine rings is 1. The number of nitrogens with zero attached hydrogens (tertiary/aromatic N) is 5. The second-order valence-corrected chi connectivity index (χ2v) is 8.22. The van der Waals surface area contributed by atoms with Crippen LogP contribution in [-0.2, 0) is 11.3 Å². The molecule has 6 rings (SSSR count). The summed E-state index contributed by atoms with van der Waals surface area (Å²) in [5, 5.41) is 13.0. The lowest BCUT2D eigenvalue weighted by Crippen LogP contribution is -2.33. The van der Waals surface area contributed by atoms with Crippen molar-refractivity contribution in [3.63, 3.8) is 0 Å². The van der Waals surface area contributed by atoms with E-state index < -0.39 is 11.5 Å². The monoisotopic (exact) mass is 502 g/mol. The minimum absolute atomic E-state index is 0.00500. The second-order valence-electron chi connectivity index (χ2n) is 8.22. The summed E-state index contributed by atoms with van der Waals surface area (Å²) in [6.45, 7) is 0.992. The minimum atomic E-state index is -0.593. The third kappa shape index (κ3) is 3.93. The molecule has 4 heterocycles. The van der Waals surface area contributed by atoms with E-state index in [-0.39, 0.29) is 23.5 Å². The lowest BCUT2D eigenvalue weighted by Gasteiger charge is -2.18. The van der Waals surface area contributed by atoms with Gasteiger partial charge in [-0.25, -0.2) is 13.6 Å². The van der Waals surface area contributed by atoms with Gasteiger partial charge in [-0.05, 0) is 42.0 Å². The first kappa shape index (κ1) is 22.6. The van der Waals surface area contributed by atoms with E-state index in [1.165, 1.54) is 30.0 Å². The molecule has 0 aliphatic carbocycles. The van der Waals surface area contributed by atoms with Gasteiger partial charge < -0.3 is 14.2 Å². The number of methoxy groups -OCH3 is 1. The van der Waals surface area contributed by atoms with Crippen molar-refractivity contribution in [1.82, 2.24) is 24.5 Å². The molecule has 0 saturated heterocycles. The molecule has 11 nitrogen and oxygen atoms in total. The summed E-state index contributed by atoms with van der Waals surface area (Å²) < 4.78 is 32.3. The molecule has 12 heteroatoms. The van der Waals surface area contributed by atoms with Gasteiger partial charge in [-0.2, -0.15) is 5.10 Å². The number of benzene rings is 2. The zero-order valence-corrected chi connectivity index (χ0v) is 19.5. The zero-order valence-electron chi connectivity index (χ0n) is 19.5. The smallest absolute Gasteiger partial charge is 0.299 e. The Balaban J connectivity index is 1.40. The number of aromatic nitrogens is 5. The van der Waals surface area contributed by atoms with Gasteiger partial charge in [0.2, 0.25) is 0 Å². The second kappa shape index (κ2) is 8.99. The third-order valence-corrected chi connectivity index (χ3v) is 5.89. The van der Waals surface area contributed by atoms with Gasteiger partial charge in [-0.15, -0.1) is 10.2 Å². The van der Waals surface area contributed by atoms with Gasteiger partial charge in [0, 0.05) is 18.9 Å². The molecule has 0 atom stereocenters. The highest BCUT2D eigenvalue weighted by Crippen LogP contribution is 2.31. The summed E-state index contributed by atoms with van der Waals surface area (Å²) in [5.74, 6) is 0.119. The third-order valence-electron chi connectivity index (χ3n) is 5.89. The minimum Gasteiger partial charge on any atom is -0.486 e. The largest absolute Gasteiger partial charge is 0.486 e. The Labute approximate surface area is 208 Å². The Kier molecular flexibility index (Phi) is 5.49. The van der Waals surface area contributed by atoms with Gasteiger partial charge in [-0.1, -0.05) is 12.1 Å². The van der Waals surface area contributed by atoms with Gasteiger partial charge in [0.05, 0.1) is 17.9 Å². The average Bonchev–Trinajstić information content (AvgIpc) is 3.29. The lowest BCUT2D eigenvalue weighted by atomic mass is 10.1. The molecule has 0 unspecified atom stereocenters. The molecule has 0 saturated carbocycles. The van der Waals surface area contributed by atoms with Crippen molar-refractivity contribution >= 4 is 22.6 Å². The highest BCUT2D eigenvalue weighted by Gasteiger charge is 2.21. The molecule has 0 fully saturated rings. The number of nitrogens with one attached hydrogen (secondary N) is 1. The number of carbonyl (C=O) groups excluding carboxylic acids is 1. The Morgan fingerprint density at radius 1 is 1.08 bits per heavy atom. The summed E-state index contributed by atoms with van der Waals surface area (Å²) in [5.41, 5.74) is 4.85. The van der Waals surface area contributed by atoms with Crippen LogP contribution in [0.3, 0.4) is 0 Å². The van der Waals surface area contributed by atoms with Crippen LogP contribution < -0.4 is 20.5 Å². The molecular weight excluding hydrogens is 483 g/mol. The summed E-state index contributed by atoms with van der Waals surface area (Å²) in [4.78, 5) is 26.0. The summed E-state index contributed by atoms with van der Waals surface area (Å²) in [6.07, 6.45) is 1.41. The van der Waals surface area contributed by atoms with Crippen LogP contribution in [0.15, 0.2) is 59.5 Å². The van der Waals surface area contributed by atoms with E-state index in [0.717, 1.165) is 4.68 Å². The number of carbonyl (C=O) groups is 1. The number of fused-ring (bicyclic) bond motifs is 4. The van der Waals surface area contributed by atoms with E-state index in [0.29, 0.717) is 52.7 Å². The van der Waals surface area contributed by atoms with E-state index in [1.807, 2.05) is 0 Å². The fraction of sp³-hybridized carbons (Fsp3) is 0.160. The number of rotatable bonds is 5. The lowest BCUT2D eigenvalue weighted by molar-refractivity contribution is 0.101. The first-order valence-corrected chi connectivity index (χ1v) is 11.3. The number of halogens is 1. The summed E-state index contributed by atoms with van der Waals surface area (Å²) in [6, 6.07) is 12.3. The van der Waals surface area contributed by atoms with Crippen LogP contribution in [0.5, 0.6) is 11.5 Å². The molecule has 3 aromatic heterocycles. The molecular formula is C25H19FN6O5. The highest BCUT2D eigenvalue weighted by molar-refractivity contribution is 6.00. The van der Waals surface area contributed by atoms with Crippen molar-refractivity contribution < 1.29 is 23.4 Å². The normalized spacial score (nSPS) is 12.7. The number of amides is 1. The molecule has 1 amide bonds. The molecule has 0 spiro atoms. The van der Waals surface area contributed by atoms with Gasteiger partial charge >= 0.3 is 0 Å². The fourth-order valence-corrected chi connectivity index (χ4v) is 4.19. The van der Waals surface area contributed by atoms with Crippen LogP contribution in [0, 0.1) is 5.82 Å². The SMILES string of the molecule is COCc1nn2c(nnc3c(=O)n(NC(=O)c4ccc5c(c4)OCCO5)ccc32)c1-c1ccc(F)cc1. The van der Waals surface area contributed by atoms with Crippen molar-refractivity contribution in [2.45, 2.75) is 6.61 Å². The van der Waals surface area contributed by atoms with Gasteiger partial charge in [0.1, 0.15) is 24.5 Å². The van der Waals surface area contributed by atoms with E-state index in [1.54, 1.807) is 36.4 Å². The van der Waals surface area contributed by atoms with Crippen LogP contribution in [-0.4, -0.2) is 50.7 Å². The number of hydrogen-bond acceptors (Lipinski definition) is 8. The number of ether oxygens (including phenoxy) is 3. The summed E-state index contributed by atoms with van der Waals surface area (Å²) >= 11 is 0. The van der Waals surface area contributed by atoms with Crippen molar-refractivity contribution in [2.24, 2.45) is 0 Å². The van der Waals surface area contributed by atoms with E-state index in [2.05, 4.69) is 20.7 Å². The van der Waals surface area contributed by atoms with E-state index in [9.17, 15) is 14.0 Å². The van der Waals surface area contributed by atoms with Crippen molar-refractivity contribution in [1.29, 1.82) is 0 Å². The van der Waals surface area contributed by atoms with Gasteiger partial charge in [0.25, 0.3) is 11.5 Å².